The lowest BCUT2D eigenvalue weighted by Gasteiger charge is -2.36. The third kappa shape index (κ3) is 4.79. The van der Waals surface area contributed by atoms with E-state index in [-0.39, 0.29) is 11.7 Å². The molecule has 182 valence electrons. The van der Waals surface area contributed by atoms with Crippen molar-refractivity contribution >= 4 is 21.6 Å². The molecule has 0 radical (unpaired) electrons. The molecule has 6 nitrogen and oxygen atoms in total. The molecule has 0 amide bonds. The van der Waals surface area contributed by atoms with Gasteiger partial charge in [0.25, 0.3) is 5.56 Å². The zero-order valence-electron chi connectivity index (χ0n) is 20.3. The molecule has 0 aliphatic carbocycles. The maximum absolute atomic E-state index is 13.2. The molecule has 0 saturated carbocycles. The second-order valence-electron chi connectivity index (χ2n) is 10.2. The maximum Gasteiger partial charge on any atom is 0.275 e. The van der Waals surface area contributed by atoms with E-state index in [4.69, 9.17) is 4.74 Å². The summed E-state index contributed by atoms with van der Waals surface area (Å²) >= 11 is 1.44. The van der Waals surface area contributed by atoms with Crippen LogP contribution in [0.1, 0.15) is 57.2 Å². The molecule has 34 heavy (non-hydrogen) atoms. The van der Waals surface area contributed by atoms with Crippen molar-refractivity contribution in [2.75, 3.05) is 7.05 Å². The van der Waals surface area contributed by atoms with Gasteiger partial charge < -0.3 is 14.7 Å². The summed E-state index contributed by atoms with van der Waals surface area (Å²) < 4.78 is 8.53. The van der Waals surface area contributed by atoms with Crippen LogP contribution in [0, 0.1) is 5.92 Å². The minimum absolute atomic E-state index is 0.0711. The fraction of sp³-hybridized carbons (Fsp3) is 0.556. The van der Waals surface area contributed by atoms with Crippen molar-refractivity contribution in [2.45, 2.75) is 83.1 Å². The van der Waals surface area contributed by atoms with Gasteiger partial charge in [0.2, 0.25) is 0 Å². The Hall–Kier alpha value is -2.22. The summed E-state index contributed by atoms with van der Waals surface area (Å²) in [6, 6.07) is 11.0. The molecule has 3 aromatic rings. The number of aromatic nitrogens is 2. The minimum Gasteiger partial charge on any atom is -0.490 e. The fourth-order valence-corrected chi connectivity index (χ4v) is 6.64. The Labute approximate surface area is 205 Å². The zero-order chi connectivity index (χ0) is 23.8. The third-order valence-corrected chi connectivity index (χ3v) is 8.90. The van der Waals surface area contributed by atoms with E-state index in [1.165, 1.54) is 24.2 Å². The number of fused-ring (bicyclic) bond motifs is 3. The molecule has 2 aromatic heterocycles. The van der Waals surface area contributed by atoms with Gasteiger partial charge in [-0.3, -0.25) is 9.36 Å². The number of aliphatic hydroxyl groups is 1. The standard InChI is InChI=1S/C27H35N3O3S/c1-4-17(2)11-21(31)14-24-15-25-26(34-24)27(32)30(16-28-25)18-7-9-22(10-8-18)33-23-12-19-5-6-20(13-23)29(19)3/h7-10,15-17,19-21,23,31H,4-6,11-14H2,1-3H3/t17?,19-,20+,21?,23+. The molecular formula is C27H35N3O3S. The van der Waals surface area contributed by atoms with Crippen LogP contribution in [0.3, 0.4) is 0 Å². The predicted octanol–water partition coefficient (Wildman–Crippen LogP) is 4.79. The lowest BCUT2D eigenvalue weighted by atomic mass is 9.99. The molecule has 0 spiro atoms. The maximum atomic E-state index is 13.2. The van der Waals surface area contributed by atoms with Crippen LogP contribution in [-0.2, 0) is 6.42 Å². The van der Waals surface area contributed by atoms with Gasteiger partial charge in [-0.25, -0.2) is 4.98 Å². The van der Waals surface area contributed by atoms with Crippen molar-refractivity contribution in [2.24, 2.45) is 5.92 Å². The number of benzene rings is 1. The molecule has 2 unspecified atom stereocenters. The molecule has 1 N–H and O–H groups in total. The second kappa shape index (κ2) is 9.80. The number of nitrogens with zero attached hydrogens (tertiary/aromatic N) is 3. The second-order valence-corrected chi connectivity index (χ2v) is 11.3. The van der Waals surface area contributed by atoms with Gasteiger partial charge in [0.15, 0.2) is 0 Å². The SMILES string of the molecule is CCC(C)CC(O)Cc1cc2ncn(-c3ccc(O[C@H]4C[C@H]5CC[C@@H](C4)N5C)cc3)c(=O)c2s1. The number of piperidine rings is 1. The van der Waals surface area contributed by atoms with E-state index in [0.717, 1.165) is 42.0 Å². The van der Waals surface area contributed by atoms with Gasteiger partial charge in [-0.2, -0.15) is 0 Å². The Balaban J connectivity index is 1.29. The summed E-state index contributed by atoms with van der Waals surface area (Å²) in [5, 5.41) is 10.4. The highest BCUT2D eigenvalue weighted by atomic mass is 32.1. The fourth-order valence-electron chi connectivity index (χ4n) is 5.53. The van der Waals surface area contributed by atoms with Gasteiger partial charge in [0, 0.05) is 23.4 Å². The number of hydrogen-bond donors (Lipinski definition) is 1. The zero-order valence-corrected chi connectivity index (χ0v) is 21.1. The average Bonchev–Trinajstić information content (AvgIpc) is 3.30. The monoisotopic (exact) mass is 481 g/mol. The van der Waals surface area contributed by atoms with Gasteiger partial charge >= 0.3 is 0 Å². The van der Waals surface area contributed by atoms with Crippen LogP contribution in [0.2, 0.25) is 0 Å². The van der Waals surface area contributed by atoms with Crippen LogP contribution in [0.5, 0.6) is 5.75 Å². The Morgan fingerprint density at radius 2 is 1.91 bits per heavy atom. The summed E-state index contributed by atoms with van der Waals surface area (Å²) in [7, 11) is 2.24. The van der Waals surface area contributed by atoms with Crippen molar-refractivity contribution in [3.8, 4) is 11.4 Å². The number of rotatable bonds is 8. The number of ether oxygens (including phenoxy) is 1. The normalized spacial score (nSPS) is 24.4. The molecule has 2 fully saturated rings. The van der Waals surface area contributed by atoms with Crippen LogP contribution < -0.4 is 10.3 Å². The van der Waals surface area contributed by atoms with Gasteiger partial charge in [-0.15, -0.1) is 11.3 Å². The van der Waals surface area contributed by atoms with E-state index >= 15 is 0 Å². The Morgan fingerprint density at radius 3 is 2.59 bits per heavy atom. The first-order chi connectivity index (χ1) is 16.4. The number of hydrogen-bond acceptors (Lipinski definition) is 6. The largest absolute Gasteiger partial charge is 0.490 e. The number of aliphatic hydroxyl groups excluding tert-OH is 1. The molecule has 5 atom stereocenters. The first-order valence-corrected chi connectivity index (χ1v) is 13.4. The molecular weight excluding hydrogens is 446 g/mol. The first-order valence-electron chi connectivity index (χ1n) is 12.6. The molecule has 1 aromatic carbocycles. The highest BCUT2D eigenvalue weighted by Gasteiger charge is 2.39. The molecule has 5 rings (SSSR count). The van der Waals surface area contributed by atoms with E-state index < -0.39 is 6.10 Å². The smallest absolute Gasteiger partial charge is 0.275 e. The van der Waals surface area contributed by atoms with Crippen molar-refractivity contribution in [1.82, 2.24) is 14.5 Å². The van der Waals surface area contributed by atoms with Crippen LogP contribution >= 0.6 is 11.3 Å². The third-order valence-electron chi connectivity index (χ3n) is 7.77. The average molecular weight is 482 g/mol. The lowest BCUT2D eigenvalue weighted by molar-refractivity contribution is 0.0662. The van der Waals surface area contributed by atoms with E-state index in [2.05, 4.69) is 30.8 Å². The van der Waals surface area contributed by atoms with Crippen molar-refractivity contribution in [3.05, 3.63) is 51.9 Å². The molecule has 2 bridgehead atoms. The topological polar surface area (TPSA) is 67.6 Å². The predicted molar refractivity (Wildman–Crippen MR) is 137 cm³/mol. The van der Waals surface area contributed by atoms with Crippen molar-refractivity contribution in [1.29, 1.82) is 0 Å². The Bertz CT molecular complexity index is 1170. The summed E-state index contributed by atoms with van der Waals surface area (Å²) in [5.41, 5.74) is 1.41. The molecule has 2 aliphatic rings. The van der Waals surface area contributed by atoms with E-state index in [9.17, 15) is 9.90 Å². The van der Waals surface area contributed by atoms with Crippen LogP contribution in [0.15, 0.2) is 41.5 Å². The Kier molecular flexibility index (Phi) is 6.78. The summed E-state index contributed by atoms with van der Waals surface area (Å²) in [6.07, 6.45) is 8.59. The molecule has 2 aliphatic heterocycles. The van der Waals surface area contributed by atoms with E-state index in [1.807, 2.05) is 30.3 Å². The lowest BCUT2D eigenvalue weighted by Crippen LogP contribution is -2.43. The van der Waals surface area contributed by atoms with Crippen LogP contribution in [0.4, 0.5) is 0 Å². The summed E-state index contributed by atoms with van der Waals surface area (Å²) in [4.78, 5) is 21.2. The van der Waals surface area contributed by atoms with Crippen molar-refractivity contribution in [3.63, 3.8) is 0 Å². The highest BCUT2D eigenvalue weighted by molar-refractivity contribution is 7.18. The number of thiophene rings is 1. The van der Waals surface area contributed by atoms with Gasteiger partial charge in [-0.1, -0.05) is 20.3 Å². The Morgan fingerprint density at radius 1 is 1.21 bits per heavy atom. The molecule has 4 heterocycles. The molecule has 7 heteroatoms. The minimum atomic E-state index is -0.391. The quantitative estimate of drug-likeness (QED) is 0.501. The molecule has 2 saturated heterocycles. The van der Waals surface area contributed by atoms with Gasteiger partial charge in [0.1, 0.15) is 22.9 Å². The van der Waals surface area contributed by atoms with E-state index in [0.29, 0.717) is 34.6 Å². The van der Waals surface area contributed by atoms with E-state index in [1.54, 1.807) is 10.9 Å². The van der Waals surface area contributed by atoms with Gasteiger partial charge in [-0.05, 0) is 75.4 Å². The summed E-state index contributed by atoms with van der Waals surface area (Å²) in [6.45, 7) is 4.29. The first kappa shape index (κ1) is 23.5. The van der Waals surface area contributed by atoms with Gasteiger partial charge in [0.05, 0.1) is 17.3 Å². The van der Waals surface area contributed by atoms with Crippen molar-refractivity contribution < 1.29 is 9.84 Å². The summed E-state index contributed by atoms with van der Waals surface area (Å²) in [5.74, 6) is 1.34. The van der Waals surface area contributed by atoms with Crippen LogP contribution in [0.25, 0.3) is 15.9 Å². The van der Waals surface area contributed by atoms with Crippen LogP contribution in [-0.4, -0.2) is 50.9 Å². The highest BCUT2D eigenvalue weighted by Crippen LogP contribution is 2.36.